The zero-order valence-corrected chi connectivity index (χ0v) is 11.0. The fourth-order valence-corrected chi connectivity index (χ4v) is 2.25. The van der Waals surface area contributed by atoms with Crippen LogP contribution >= 0.6 is 11.3 Å². The molecule has 0 radical (unpaired) electrons. The van der Waals surface area contributed by atoms with Gasteiger partial charge in [0.2, 0.25) is 0 Å². The lowest BCUT2D eigenvalue weighted by molar-refractivity contribution is 0.577. The molecule has 3 heteroatoms. The minimum Gasteiger partial charge on any atom is -0.327 e. The smallest absolute Gasteiger partial charge is 0.0928 e. The molecule has 2 unspecified atom stereocenters. The SMILES string of the molecule is CC(C)CCc1nc(C(C)C(C)N)cs1. The van der Waals surface area contributed by atoms with Gasteiger partial charge in [0.25, 0.3) is 0 Å². The Kier molecular flexibility index (Phi) is 4.74. The van der Waals surface area contributed by atoms with Gasteiger partial charge in [-0.2, -0.15) is 0 Å². The van der Waals surface area contributed by atoms with Crippen molar-refractivity contribution in [2.75, 3.05) is 0 Å². The fraction of sp³-hybridized carbons (Fsp3) is 0.750. The van der Waals surface area contributed by atoms with Crippen LogP contribution < -0.4 is 5.73 Å². The van der Waals surface area contributed by atoms with E-state index in [1.54, 1.807) is 11.3 Å². The van der Waals surface area contributed by atoms with Crippen LogP contribution in [0.25, 0.3) is 0 Å². The van der Waals surface area contributed by atoms with Crippen LogP contribution in [0.15, 0.2) is 5.38 Å². The Bertz CT molecular complexity index is 292. The van der Waals surface area contributed by atoms with Crippen LogP contribution in [0.4, 0.5) is 0 Å². The predicted molar refractivity (Wildman–Crippen MR) is 67.3 cm³/mol. The molecule has 1 aromatic rings. The first-order chi connectivity index (χ1) is 7.00. The van der Waals surface area contributed by atoms with Crippen molar-refractivity contribution in [1.82, 2.24) is 4.98 Å². The molecule has 0 fully saturated rings. The molecule has 0 spiro atoms. The van der Waals surface area contributed by atoms with Crippen LogP contribution in [0, 0.1) is 5.92 Å². The molecule has 86 valence electrons. The molecule has 0 aromatic carbocycles. The molecule has 0 aliphatic heterocycles. The minimum absolute atomic E-state index is 0.185. The molecular formula is C12H22N2S. The molecule has 0 amide bonds. The van der Waals surface area contributed by atoms with Gasteiger partial charge in [-0.15, -0.1) is 11.3 Å². The summed E-state index contributed by atoms with van der Waals surface area (Å²) < 4.78 is 0. The van der Waals surface area contributed by atoms with Crippen LogP contribution in [0.3, 0.4) is 0 Å². The molecule has 2 nitrogen and oxygen atoms in total. The Balaban J connectivity index is 2.56. The highest BCUT2D eigenvalue weighted by atomic mass is 32.1. The summed E-state index contributed by atoms with van der Waals surface area (Å²) in [5, 5.41) is 3.41. The van der Waals surface area contributed by atoms with Crippen molar-refractivity contribution < 1.29 is 0 Å². The molecule has 1 rings (SSSR count). The minimum atomic E-state index is 0.185. The third-order valence-corrected chi connectivity index (χ3v) is 3.69. The first-order valence-corrected chi connectivity index (χ1v) is 6.58. The average Bonchev–Trinajstić information content (AvgIpc) is 2.61. The topological polar surface area (TPSA) is 38.9 Å². The molecule has 0 saturated heterocycles. The lowest BCUT2D eigenvalue weighted by Gasteiger charge is -2.12. The fourth-order valence-electron chi connectivity index (χ4n) is 1.33. The van der Waals surface area contributed by atoms with E-state index in [0.717, 1.165) is 18.0 Å². The van der Waals surface area contributed by atoms with Gasteiger partial charge in [-0.3, -0.25) is 0 Å². The van der Waals surface area contributed by atoms with Crippen molar-refractivity contribution in [3.05, 3.63) is 16.1 Å². The van der Waals surface area contributed by atoms with Gasteiger partial charge in [0.1, 0.15) is 0 Å². The quantitative estimate of drug-likeness (QED) is 0.837. The van der Waals surface area contributed by atoms with E-state index in [-0.39, 0.29) is 6.04 Å². The Hall–Kier alpha value is -0.410. The third kappa shape index (κ3) is 3.92. The standard InChI is InChI=1S/C12H22N2S/c1-8(2)5-6-12-14-11(7-15-12)9(3)10(4)13/h7-10H,5-6,13H2,1-4H3. The van der Waals surface area contributed by atoms with Gasteiger partial charge >= 0.3 is 0 Å². The van der Waals surface area contributed by atoms with Gasteiger partial charge in [0, 0.05) is 17.3 Å². The van der Waals surface area contributed by atoms with E-state index >= 15 is 0 Å². The van der Waals surface area contributed by atoms with Crippen LogP contribution in [0.5, 0.6) is 0 Å². The molecule has 0 bridgehead atoms. The second kappa shape index (κ2) is 5.61. The summed E-state index contributed by atoms with van der Waals surface area (Å²) >= 11 is 1.77. The van der Waals surface area contributed by atoms with Crippen LogP contribution in [0.1, 0.15) is 50.7 Å². The Labute approximate surface area is 96.9 Å². The summed E-state index contributed by atoms with van der Waals surface area (Å²) in [5.41, 5.74) is 7.02. The summed E-state index contributed by atoms with van der Waals surface area (Å²) in [5.74, 6) is 1.12. The highest BCUT2D eigenvalue weighted by Crippen LogP contribution is 2.22. The largest absolute Gasteiger partial charge is 0.327 e. The van der Waals surface area contributed by atoms with Gasteiger partial charge < -0.3 is 5.73 Å². The van der Waals surface area contributed by atoms with E-state index in [4.69, 9.17) is 5.73 Å². The number of nitrogens with zero attached hydrogens (tertiary/aromatic N) is 1. The number of rotatable bonds is 5. The summed E-state index contributed by atoms with van der Waals surface area (Å²) in [6.07, 6.45) is 2.33. The maximum atomic E-state index is 5.86. The number of hydrogen-bond donors (Lipinski definition) is 1. The zero-order chi connectivity index (χ0) is 11.4. The van der Waals surface area contributed by atoms with Gasteiger partial charge in [-0.25, -0.2) is 4.98 Å². The van der Waals surface area contributed by atoms with Gasteiger partial charge in [-0.1, -0.05) is 20.8 Å². The van der Waals surface area contributed by atoms with Crippen LogP contribution in [-0.2, 0) is 6.42 Å². The molecular weight excluding hydrogens is 204 g/mol. The number of aryl methyl sites for hydroxylation is 1. The van der Waals surface area contributed by atoms with E-state index in [0.29, 0.717) is 5.92 Å². The molecule has 15 heavy (non-hydrogen) atoms. The Morgan fingerprint density at radius 3 is 2.53 bits per heavy atom. The molecule has 1 aromatic heterocycles. The summed E-state index contributed by atoms with van der Waals surface area (Å²) in [4.78, 5) is 4.64. The summed E-state index contributed by atoms with van der Waals surface area (Å²) in [6.45, 7) is 8.68. The second-order valence-corrected chi connectivity index (χ2v) is 5.69. The molecule has 0 aliphatic rings. The summed E-state index contributed by atoms with van der Waals surface area (Å²) in [6, 6.07) is 0.185. The normalized spacial score (nSPS) is 15.6. The maximum Gasteiger partial charge on any atom is 0.0928 e. The van der Waals surface area contributed by atoms with E-state index in [9.17, 15) is 0 Å². The molecule has 0 saturated carbocycles. The lowest BCUT2D eigenvalue weighted by atomic mass is 10.0. The Morgan fingerprint density at radius 2 is 2.00 bits per heavy atom. The zero-order valence-electron chi connectivity index (χ0n) is 10.2. The summed E-state index contributed by atoms with van der Waals surface area (Å²) in [7, 11) is 0. The average molecular weight is 226 g/mol. The van der Waals surface area contributed by atoms with E-state index < -0.39 is 0 Å². The monoisotopic (exact) mass is 226 g/mol. The van der Waals surface area contributed by atoms with Crippen molar-refractivity contribution >= 4 is 11.3 Å². The number of aromatic nitrogens is 1. The van der Waals surface area contributed by atoms with Crippen molar-refractivity contribution in [2.45, 2.75) is 52.5 Å². The second-order valence-electron chi connectivity index (χ2n) is 4.75. The highest BCUT2D eigenvalue weighted by molar-refractivity contribution is 7.09. The predicted octanol–water partition coefficient (Wildman–Crippen LogP) is 3.18. The van der Waals surface area contributed by atoms with Crippen molar-refractivity contribution in [1.29, 1.82) is 0 Å². The maximum absolute atomic E-state index is 5.86. The first kappa shape index (κ1) is 12.7. The van der Waals surface area contributed by atoms with E-state index in [1.165, 1.54) is 11.4 Å². The number of nitrogens with two attached hydrogens (primary N) is 1. The lowest BCUT2D eigenvalue weighted by Crippen LogP contribution is -2.22. The number of hydrogen-bond acceptors (Lipinski definition) is 3. The molecule has 0 aliphatic carbocycles. The molecule has 1 heterocycles. The van der Waals surface area contributed by atoms with Gasteiger partial charge in [-0.05, 0) is 25.7 Å². The van der Waals surface area contributed by atoms with Crippen LogP contribution in [0.2, 0.25) is 0 Å². The van der Waals surface area contributed by atoms with Crippen molar-refractivity contribution in [3.8, 4) is 0 Å². The third-order valence-electron chi connectivity index (χ3n) is 2.76. The van der Waals surface area contributed by atoms with E-state index in [1.807, 2.05) is 6.92 Å². The van der Waals surface area contributed by atoms with E-state index in [2.05, 4.69) is 31.1 Å². The van der Waals surface area contributed by atoms with Crippen molar-refractivity contribution in [2.24, 2.45) is 11.7 Å². The van der Waals surface area contributed by atoms with Gasteiger partial charge in [0.05, 0.1) is 10.7 Å². The first-order valence-electron chi connectivity index (χ1n) is 5.70. The molecule has 2 N–H and O–H groups in total. The van der Waals surface area contributed by atoms with Gasteiger partial charge in [0.15, 0.2) is 0 Å². The number of thiazole rings is 1. The van der Waals surface area contributed by atoms with Crippen LogP contribution in [-0.4, -0.2) is 11.0 Å². The van der Waals surface area contributed by atoms with Crippen molar-refractivity contribution in [3.63, 3.8) is 0 Å². The highest BCUT2D eigenvalue weighted by Gasteiger charge is 2.13. The molecule has 2 atom stereocenters. The Morgan fingerprint density at radius 1 is 1.33 bits per heavy atom.